The highest BCUT2D eigenvalue weighted by molar-refractivity contribution is 5.73. The summed E-state index contributed by atoms with van der Waals surface area (Å²) in [6.45, 7) is 29.8. The molecule has 0 rings (SSSR count). The van der Waals surface area contributed by atoms with E-state index < -0.39 is 10.8 Å². The van der Waals surface area contributed by atoms with Crippen LogP contribution in [-0.4, -0.2) is 74.6 Å². The monoisotopic (exact) mass is 815 g/mol. The van der Waals surface area contributed by atoms with Gasteiger partial charge in [0.15, 0.2) is 0 Å². The summed E-state index contributed by atoms with van der Waals surface area (Å²) in [6, 6.07) is 0. The molecule has 0 aliphatic heterocycles. The highest BCUT2D eigenvalue weighted by atomic mass is 16.6. The molecule has 0 spiro atoms. The first-order chi connectivity index (χ1) is 26.3. The molecule has 2 atom stereocenters. The SMILES string of the molecule is CCC(COC(=O)CC(C)(C)C)(COC(=O)CC(C)(C)C)COC(=O)CC(C)(C)C.CCCCC(CC)C(=O)OCC(CC)(CO)COC(=O)C(CC)CCCC. The average molecular weight is 815 g/mol. The third kappa shape index (κ3) is 27.6. The van der Waals surface area contributed by atoms with Gasteiger partial charge in [0.1, 0.15) is 33.0 Å². The third-order valence-corrected chi connectivity index (χ3v) is 9.98. The molecule has 57 heavy (non-hydrogen) atoms. The molecule has 0 aromatic rings. The van der Waals surface area contributed by atoms with Gasteiger partial charge in [-0.15, -0.1) is 0 Å². The van der Waals surface area contributed by atoms with Gasteiger partial charge in [-0.05, 0) is 54.8 Å². The zero-order valence-electron chi connectivity index (χ0n) is 39.1. The van der Waals surface area contributed by atoms with Crippen LogP contribution in [0.5, 0.6) is 0 Å². The van der Waals surface area contributed by atoms with E-state index in [0.717, 1.165) is 51.4 Å². The lowest BCUT2D eigenvalue weighted by Gasteiger charge is -2.32. The summed E-state index contributed by atoms with van der Waals surface area (Å²) in [5, 5.41) is 9.89. The zero-order chi connectivity index (χ0) is 44.5. The van der Waals surface area contributed by atoms with Gasteiger partial charge in [0, 0.05) is 0 Å². The van der Waals surface area contributed by atoms with E-state index in [1.165, 1.54) is 0 Å². The number of hydrogen-bond acceptors (Lipinski definition) is 11. The average Bonchev–Trinajstić information content (AvgIpc) is 3.10. The van der Waals surface area contributed by atoms with Crippen molar-refractivity contribution in [3.8, 4) is 0 Å². The van der Waals surface area contributed by atoms with Crippen molar-refractivity contribution in [3.05, 3.63) is 0 Å². The van der Waals surface area contributed by atoms with E-state index >= 15 is 0 Å². The molecule has 336 valence electrons. The summed E-state index contributed by atoms with van der Waals surface area (Å²) in [7, 11) is 0. The third-order valence-electron chi connectivity index (χ3n) is 9.98. The Bertz CT molecular complexity index is 1040. The fourth-order valence-electron chi connectivity index (χ4n) is 5.60. The van der Waals surface area contributed by atoms with Crippen LogP contribution in [0, 0.1) is 38.9 Å². The van der Waals surface area contributed by atoms with Crippen molar-refractivity contribution in [2.45, 2.75) is 187 Å². The Morgan fingerprint density at radius 1 is 0.456 bits per heavy atom. The second kappa shape index (κ2) is 27.9. The van der Waals surface area contributed by atoms with Crippen molar-refractivity contribution >= 4 is 29.8 Å². The van der Waals surface area contributed by atoms with E-state index in [0.29, 0.717) is 12.8 Å². The number of carbonyl (C=O) groups is 5. The Morgan fingerprint density at radius 2 is 0.737 bits per heavy atom. The number of unbranched alkanes of at least 4 members (excludes halogenated alkanes) is 2. The Balaban J connectivity index is 0. The number of carbonyl (C=O) groups excluding carboxylic acids is 5. The van der Waals surface area contributed by atoms with E-state index in [1.807, 2.05) is 90.0 Å². The van der Waals surface area contributed by atoms with Crippen molar-refractivity contribution < 1.29 is 52.8 Å². The van der Waals surface area contributed by atoms with Crippen molar-refractivity contribution in [2.24, 2.45) is 38.9 Å². The summed E-state index contributed by atoms with van der Waals surface area (Å²) in [5.74, 6) is -1.57. The lowest BCUT2D eigenvalue weighted by atomic mass is 9.87. The van der Waals surface area contributed by atoms with E-state index in [2.05, 4.69) is 13.8 Å². The van der Waals surface area contributed by atoms with Gasteiger partial charge < -0.3 is 28.8 Å². The molecule has 0 bridgehead atoms. The van der Waals surface area contributed by atoms with E-state index in [-0.39, 0.29) is 117 Å². The highest BCUT2D eigenvalue weighted by Crippen LogP contribution is 2.29. The molecule has 0 fully saturated rings. The molecule has 0 heterocycles. The Labute approximate surface area is 347 Å². The lowest BCUT2D eigenvalue weighted by molar-refractivity contribution is -0.165. The lowest BCUT2D eigenvalue weighted by Crippen LogP contribution is -2.39. The maximum Gasteiger partial charge on any atom is 0.308 e. The maximum atomic E-state index is 12.4. The molecule has 11 nitrogen and oxygen atoms in total. The van der Waals surface area contributed by atoms with Crippen LogP contribution in [-0.2, 0) is 47.7 Å². The normalized spacial score (nSPS) is 14.2. The van der Waals surface area contributed by atoms with Crippen LogP contribution >= 0.6 is 0 Å². The van der Waals surface area contributed by atoms with Crippen molar-refractivity contribution in [2.75, 3.05) is 39.6 Å². The fraction of sp³-hybridized carbons (Fsp3) is 0.891. The van der Waals surface area contributed by atoms with Crippen LogP contribution < -0.4 is 0 Å². The molecule has 0 aromatic carbocycles. The van der Waals surface area contributed by atoms with E-state index in [1.54, 1.807) is 0 Å². The van der Waals surface area contributed by atoms with Crippen molar-refractivity contribution in [1.29, 1.82) is 0 Å². The van der Waals surface area contributed by atoms with Gasteiger partial charge in [0.25, 0.3) is 0 Å². The van der Waals surface area contributed by atoms with E-state index in [9.17, 15) is 29.1 Å². The molecule has 0 saturated carbocycles. The number of esters is 5. The van der Waals surface area contributed by atoms with E-state index in [4.69, 9.17) is 23.7 Å². The van der Waals surface area contributed by atoms with Gasteiger partial charge in [0.05, 0.1) is 48.5 Å². The van der Waals surface area contributed by atoms with Crippen LogP contribution in [0.2, 0.25) is 0 Å². The highest BCUT2D eigenvalue weighted by Gasteiger charge is 2.36. The van der Waals surface area contributed by atoms with Gasteiger partial charge in [-0.1, -0.05) is 130 Å². The molecule has 0 aliphatic rings. The first kappa shape index (κ1) is 56.4. The molecular formula is C46H86O11. The maximum absolute atomic E-state index is 12.4. The molecule has 11 heteroatoms. The molecule has 0 saturated heterocycles. The molecule has 1 N–H and O–H groups in total. The van der Waals surface area contributed by atoms with Gasteiger partial charge >= 0.3 is 29.8 Å². The standard InChI is InChI=1S/C24H44O6.C22H42O5/c1-11-24(15-28-18(25)12-21(2,3)4,16-29-19(26)13-22(5,6)7)17-30-20(27)14-23(8,9)10;1-6-11-13-18(8-3)20(24)26-16-22(10-5,15-23)17-27-21(25)19(9-4)14-12-7-2/h11-17H2,1-10H3;18-19,23H,6-17H2,1-5H3. The molecule has 0 radical (unpaired) electrons. The van der Waals surface area contributed by atoms with Crippen LogP contribution in [0.4, 0.5) is 0 Å². The van der Waals surface area contributed by atoms with Crippen LogP contribution in [0.25, 0.3) is 0 Å². The van der Waals surface area contributed by atoms with Gasteiger partial charge in [-0.25, -0.2) is 0 Å². The molecule has 2 unspecified atom stereocenters. The summed E-state index contributed by atoms with van der Waals surface area (Å²) >= 11 is 0. The quantitative estimate of drug-likeness (QED) is 0.0656. The summed E-state index contributed by atoms with van der Waals surface area (Å²) in [4.78, 5) is 61.4. The second-order valence-corrected chi connectivity index (χ2v) is 19.8. The van der Waals surface area contributed by atoms with Crippen LogP contribution in [0.3, 0.4) is 0 Å². The number of aliphatic hydroxyl groups is 1. The Hall–Kier alpha value is -2.69. The Kier molecular flexibility index (Phi) is 27.6. The molecule has 0 aromatic heterocycles. The zero-order valence-corrected chi connectivity index (χ0v) is 39.1. The van der Waals surface area contributed by atoms with Gasteiger partial charge in [0.2, 0.25) is 0 Å². The minimum absolute atomic E-state index is 0.0318. The second-order valence-electron chi connectivity index (χ2n) is 19.8. The van der Waals surface area contributed by atoms with Gasteiger partial charge in [-0.3, -0.25) is 24.0 Å². The summed E-state index contributed by atoms with van der Waals surface area (Å²) in [6.07, 6.45) is 9.19. The molecule has 0 aliphatic carbocycles. The fourth-order valence-corrected chi connectivity index (χ4v) is 5.60. The van der Waals surface area contributed by atoms with Crippen molar-refractivity contribution in [1.82, 2.24) is 0 Å². The molecular weight excluding hydrogens is 728 g/mol. The first-order valence-corrected chi connectivity index (χ1v) is 21.7. The van der Waals surface area contributed by atoms with Crippen molar-refractivity contribution in [3.63, 3.8) is 0 Å². The topological polar surface area (TPSA) is 152 Å². The minimum Gasteiger partial charge on any atom is -0.465 e. The summed E-state index contributed by atoms with van der Waals surface area (Å²) < 4.78 is 27.6. The minimum atomic E-state index is -0.769. The largest absolute Gasteiger partial charge is 0.465 e. The predicted octanol–water partition coefficient (Wildman–Crippen LogP) is 10.2. The first-order valence-electron chi connectivity index (χ1n) is 21.7. The van der Waals surface area contributed by atoms with Crippen LogP contribution in [0.15, 0.2) is 0 Å². The number of aliphatic hydroxyl groups excluding tert-OH is 1. The van der Waals surface area contributed by atoms with Gasteiger partial charge in [-0.2, -0.15) is 0 Å². The smallest absolute Gasteiger partial charge is 0.308 e. The number of rotatable bonds is 26. The molecule has 0 amide bonds. The predicted molar refractivity (Wildman–Crippen MR) is 226 cm³/mol. The number of ether oxygens (including phenoxy) is 5. The number of hydrogen-bond donors (Lipinski definition) is 1. The Morgan fingerprint density at radius 3 is 0.947 bits per heavy atom. The summed E-state index contributed by atoms with van der Waals surface area (Å²) in [5.41, 5.74) is -2.06. The van der Waals surface area contributed by atoms with Crippen LogP contribution in [0.1, 0.15) is 187 Å².